The average molecular weight is 460 g/mol. The number of carbonyl (C=O) groups excluding carboxylic acids is 1. The molecule has 28 heavy (non-hydrogen) atoms. The molecule has 0 unspecified atom stereocenters. The number of nitrogen functional groups attached to an aromatic ring is 1. The minimum Gasteiger partial charge on any atom is -0.461 e. The van der Waals surface area contributed by atoms with Crippen LogP contribution in [0.25, 0.3) is 5.69 Å². The molecule has 0 radical (unpaired) electrons. The Kier molecular flexibility index (Phi) is 6.22. The highest BCUT2D eigenvalue weighted by Crippen LogP contribution is 2.39. The second kappa shape index (κ2) is 7.80. The number of alkyl halides is 3. The van der Waals surface area contributed by atoms with Crippen molar-refractivity contribution in [1.29, 1.82) is 0 Å². The Bertz CT molecular complexity index is 1020. The molecule has 0 bridgehead atoms. The van der Waals surface area contributed by atoms with Gasteiger partial charge in [-0.2, -0.15) is 13.9 Å². The lowest BCUT2D eigenvalue weighted by Crippen LogP contribution is -2.16. The third-order valence-electron chi connectivity index (χ3n) is 3.53. The van der Waals surface area contributed by atoms with Gasteiger partial charge in [-0.3, -0.25) is 0 Å². The van der Waals surface area contributed by atoms with Crippen molar-refractivity contribution < 1.29 is 31.1 Å². The first-order valence-corrected chi connectivity index (χ1v) is 10.2. The Morgan fingerprint density at radius 1 is 1.32 bits per heavy atom. The van der Waals surface area contributed by atoms with E-state index in [0.717, 1.165) is 23.1 Å². The molecule has 1 aromatic heterocycles. The average Bonchev–Trinajstić information content (AvgIpc) is 2.92. The number of benzene rings is 1. The maximum atomic E-state index is 13.6. The van der Waals surface area contributed by atoms with Crippen LogP contribution in [0.5, 0.6) is 0 Å². The summed E-state index contributed by atoms with van der Waals surface area (Å²) < 4.78 is 69.4. The zero-order chi connectivity index (χ0) is 21.4. The van der Waals surface area contributed by atoms with Gasteiger partial charge in [0.25, 0.3) is 0 Å². The first-order valence-electron chi connectivity index (χ1n) is 7.54. The van der Waals surface area contributed by atoms with Gasteiger partial charge in [-0.15, -0.1) is 0 Å². The molecule has 13 heteroatoms. The van der Waals surface area contributed by atoms with Gasteiger partial charge in [0, 0.05) is 11.8 Å². The number of carbonyl (C=O) groups is 1. The normalized spacial score (nSPS) is 12.2. The van der Waals surface area contributed by atoms with Crippen molar-refractivity contribution in [3.8, 4) is 5.69 Å². The second-order valence-corrected chi connectivity index (χ2v) is 8.36. The Morgan fingerprint density at radius 2 is 1.86 bits per heavy atom. The number of esters is 1. The van der Waals surface area contributed by atoms with Crippen LogP contribution in [-0.4, -0.2) is 43.7 Å². The molecule has 1 aromatic carbocycles. The van der Waals surface area contributed by atoms with Gasteiger partial charge in [-0.25, -0.2) is 22.3 Å². The van der Waals surface area contributed by atoms with E-state index in [1.807, 2.05) is 0 Å². The molecule has 2 aromatic rings. The van der Waals surface area contributed by atoms with Crippen LogP contribution in [0.4, 0.5) is 19.0 Å². The lowest BCUT2D eigenvalue weighted by molar-refractivity contribution is -0.0280. The van der Waals surface area contributed by atoms with Gasteiger partial charge in [0.1, 0.15) is 16.4 Å². The smallest absolute Gasteiger partial charge is 0.360 e. The van der Waals surface area contributed by atoms with Crippen molar-refractivity contribution in [1.82, 2.24) is 9.78 Å². The number of ether oxygens (including phenoxy) is 1. The predicted octanol–water partition coefficient (Wildman–Crippen LogP) is 3.40. The molecule has 2 N–H and O–H groups in total. The maximum Gasteiger partial charge on any atom is 0.360 e. The van der Waals surface area contributed by atoms with E-state index < -0.39 is 60.4 Å². The van der Waals surface area contributed by atoms with Gasteiger partial charge < -0.3 is 10.5 Å². The summed E-state index contributed by atoms with van der Waals surface area (Å²) in [6, 6.07) is 1.49. The van der Waals surface area contributed by atoms with Crippen molar-refractivity contribution >= 4 is 44.8 Å². The Hall–Kier alpha value is -1.98. The topological polar surface area (TPSA) is 104 Å². The fourth-order valence-corrected chi connectivity index (χ4v) is 3.93. The maximum absolute atomic E-state index is 13.6. The van der Waals surface area contributed by atoms with Crippen LogP contribution >= 0.6 is 23.2 Å². The number of nitrogens with two attached hydrogens (primary N) is 1. The number of hydrogen-bond acceptors (Lipinski definition) is 6. The molecule has 154 valence electrons. The number of hydrogen-bond donors (Lipinski definition) is 1. The molecule has 1 heterocycles. The third-order valence-corrected chi connectivity index (χ3v) is 5.25. The number of halogens is 5. The lowest BCUT2D eigenvalue weighted by Gasteiger charge is -2.16. The molecular formula is C15H14Cl2F3N3O4S. The first kappa shape index (κ1) is 22.3. The zero-order valence-corrected chi connectivity index (χ0v) is 16.8. The number of sulfone groups is 1. The molecular weight excluding hydrogens is 446 g/mol. The molecule has 0 aliphatic rings. The van der Waals surface area contributed by atoms with E-state index in [4.69, 9.17) is 33.7 Å². The summed E-state index contributed by atoms with van der Waals surface area (Å²) in [6.45, 7) is -0.548. The number of anilines is 1. The fourth-order valence-electron chi connectivity index (χ4n) is 2.34. The van der Waals surface area contributed by atoms with Gasteiger partial charge in [-0.05, 0) is 19.1 Å². The van der Waals surface area contributed by atoms with Gasteiger partial charge in [0.15, 0.2) is 22.2 Å². The van der Waals surface area contributed by atoms with Crippen molar-refractivity contribution in [3.63, 3.8) is 0 Å². The monoisotopic (exact) mass is 459 g/mol. The van der Waals surface area contributed by atoms with Gasteiger partial charge in [0.2, 0.25) is 0 Å². The SMILES string of the molecule is CCOC(=O)c1nn(-c2c(Cl)cc(C(F)(F)CF)cc2Cl)c(N)c1S(C)(=O)=O. The van der Waals surface area contributed by atoms with Crippen molar-refractivity contribution in [2.24, 2.45) is 0 Å². The fraction of sp³-hybridized carbons (Fsp3) is 0.333. The summed E-state index contributed by atoms with van der Waals surface area (Å²) >= 11 is 12.0. The number of aromatic nitrogens is 2. The van der Waals surface area contributed by atoms with Crippen molar-refractivity contribution in [3.05, 3.63) is 33.4 Å². The Labute approximate surface area is 168 Å². The zero-order valence-electron chi connectivity index (χ0n) is 14.5. The van der Waals surface area contributed by atoms with E-state index >= 15 is 0 Å². The van der Waals surface area contributed by atoms with Crippen LogP contribution in [0.2, 0.25) is 10.0 Å². The van der Waals surface area contributed by atoms with E-state index in [9.17, 15) is 26.4 Å². The van der Waals surface area contributed by atoms with Crippen LogP contribution in [-0.2, 0) is 20.5 Å². The molecule has 0 aliphatic carbocycles. The highest BCUT2D eigenvalue weighted by atomic mass is 35.5. The number of rotatable bonds is 6. The quantitative estimate of drug-likeness (QED) is 0.663. The Morgan fingerprint density at radius 3 is 2.29 bits per heavy atom. The van der Waals surface area contributed by atoms with Gasteiger partial charge in [0.05, 0.1) is 16.7 Å². The third kappa shape index (κ3) is 4.06. The molecule has 0 aliphatic heterocycles. The standard InChI is InChI=1S/C15H14Cl2F3N3O4S/c1-3-27-14(24)10-12(28(2,25)26)13(21)23(22-10)11-8(16)4-7(5-9(11)17)15(19,20)6-18/h4-5H,3,6,21H2,1-2H3. The summed E-state index contributed by atoms with van der Waals surface area (Å²) in [6.07, 6.45) is 0.793. The summed E-state index contributed by atoms with van der Waals surface area (Å²) in [7, 11) is -4.04. The van der Waals surface area contributed by atoms with E-state index in [1.54, 1.807) is 0 Å². The largest absolute Gasteiger partial charge is 0.461 e. The van der Waals surface area contributed by atoms with Crippen LogP contribution in [0.1, 0.15) is 23.0 Å². The van der Waals surface area contributed by atoms with Crippen LogP contribution in [0.3, 0.4) is 0 Å². The minimum absolute atomic E-state index is 0.0661. The molecule has 0 saturated carbocycles. The van der Waals surface area contributed by atoms with Crippen molar-refractivity contribution in [2.75, 3.05) is 25.3 Å². The van der Waals surface area contributed by atoms with E-state index in [1.165, 1.54) is 6.92 Å². The lowest BCUT2D eigenvalue weighted by atomic mass is 10.1. The van der Waals surface area contributed by atoms with Crippen LogP contribution in [0.15, 0.2) is 17.0 Å². The van der Waals surface area contributed by atoms with Crippen LogP contribution < -0.4 is 5.73 Å². The first-order chi connectivity index (χ1) is 12.8. The molecule has 0 spiro atoms. The molecule has 0 fully saturated rings. The highest BCUT2D eigenvalue weighted by molar-refractivity contribution is 7.91. The molecule has 7 nitrogen and oxygen atoms in total. The highest BCUT2D eigenvalue weighted by Gasteiger charge is 2.35. The molecule has 0 atom stereocenters. The molecule has 0 amide bonds. The predicted molar refractivity (Wildman–Crippen MR) is 96.9 cm³/mol. The van der Waals surface area contributed by atoms with E-state index in [2.05, 4.69) is 5.10 Å². The minimum atomic E-state index is -4.04. The summed E-state index contributed by atoms with van der Waals surface area (Å²) in [5, 5.41) is 2.97. The molecule has 0 saturated heterocycles. The van der Waals surface area contributed by atoms with Crippen molar-refractivity contribution in [2.45, 2.75) is 17.7 Å². The molecule has 2 rings (SSSR count). The summed E-state index contributed by atoms with van der Waals surface area (Å²) in [4.78, 5) is 11.5. The van der Waals surface area contributed by atoms with Gasteiger partial charge in [-0.1, -0.05) is 23.2 Å². The second-order valence-electron chi connectivity index (χ2n) is 5.59. The van der Waals surface area contributed by atoms with Gasteiger partial charge >= 0.3 is 11.9 Å². The number of nitrogens with zero attached hydrogens (tertiary/aromatic N) is 2. The Balaban J connectivity index is 2.78. The summed E-state index contributed by atoms with van der Waals surface area (Å²) in [5.41, 5.74) is 4.15. The summed E-state index contributed by atoms with van der Waals surface area (Å²) in [5.74, 6) is -5.43. The van der Waals surface area contributed by atoms with E-state index in [0.29, 0.717) is 0 Å². The van der Waals surface area contributed by atoms with E-state index in [-0.39, 0.29) is 12.3 Å². The van der Waals surface area contributed by atoms with Crippen LogP contribution in [0, 0.1) is 0 Å².